The minimum Gasteiger partial charge on any atom is -0.496 e. The third kappa shape index (κ3) is 3.70. The van der Waals surface area contributed by atoms with Crippen LogP contribution in [0.15, 0.2) is 18.2 Å². The van der Waals surface area contributed by atoms with Gasteiger partial charge >= 0.3 is 0 Å². The standard InChI is InChI=1S/C13H18N2O3/c1-18-13-7-11(6-12(8-13)15(16)17)9-14-5-4-10-2-3-10/h6-8,10,14H,2-5,9H2,1H3. The van der Waals surface area contributed by atoms with Crippen LogP contribution in [-0.2, 0) is 6.54 Å². The van der Waals surface area contributed by atoms with Gasteiger partial charge < -0.3 is 10.1 Å². The molecule has 1 N–H and O–H groups in total. The lowest BCUT2D eigenvalue weighted by atomic mass is 10.2. The zero-order valence-electron chi connectivity index (χ0n) is 10.5. The van der Waals surface area contributed by atoms with E-state index in [9.17, 15) is 10.1 Å². The van der Waals surface area contributed by atoms with Gasteiger partial charge in [0.25, 0.3) is 5.69 Å². The second kappa shape index (κ2) is 5.82. The molecular weight excluding hydrogens is 232 g/mol. The number of nitrogens with zero attached hydrogens (tertiary/aromatic N) is 1. The summed E-state index contributed by atoms with van der Waals surface area (Å²) in [6.45, 7) is 1.61. The number of rotatable bonds is 7. The minimum absolute atomic E-state index is 0.0772. The summed E-state index contributed by atoms with van der Waals surface area (Å²) in [5, 5.41) is 14.1. The van der Waals surface area contributed by atoms with Crippen molar-refractivity contribution in [3.8, 4) is 5.75 Å². The second-order valence-electron chi connectivity index (χ2n) is 4.71. The molecule has 0 unspecified atom stereocenters. The van der Waals surface area contributed by atoms with E-state index in [2.05, 4.69) is 5.32 Å². The van der Waals surface area contributed by atoms with Crippen LogP contribution < -0.4 is 10.1 Å². The van der Waals surface area contributed by atoms with Crippen molar-refractivity contribution in [2.45, 2.75) is 25.8 Å². The van der Waals surface area contributed by atoms with Crippen molar-refractivity contribution in [3.05, 3.63) is 33.9 Å². The van der Waals surface area contributed by atoms with Gasteiger partial charge in [-0.25, -0.2) is 0 Å². The molecule has 0 radical (unpaired) electrons. The molecule has 1 fully saturated rings. The first-order valence-corrected chi connectivity index (χ1v) is 6.22. The van der Waals surface area contributed by atoms with Gasteiger partial charge in [-0.3, -0.25) is 10.1 Å². The Morgan fingerprint density at radius 3 is 2.83 bits per heavy atom. The van der Waals surface area contributed by atoms with E-state index in [4.69, 9.17) is 4.74 Å². The maximum atomic E-state index is 10.8. The summed E-state index contributed by atoms with van der Waals surface area (Å²) in [6.07, 6.45) is 3.91. The third-order valence-corrected chi connectivity index (χ3v) is 3.15. The summed E-state index contributed by atoms with van der Waals surface area (Å²) >= 11 is 0. The first kappa shape index (κ1) is 12.8. The number of nitro benzene ring substituents is 1. The van der Waals surface area contributed by atoms with E-state index in [1.165, 1.54) is 32.4 Å². The molecule has 0 aliphatic heterocycles. The van der Waals surface area contributed by atoms with Crippen molar-refractivity contribution in [3.63, 3.8) is 0 Å². The Bertz CT molecular complexity index is 430. The predicted octanol–water partition coefficient (Wildman–Crippen LogP) is 2.49. The smallest absolute Gasteiger partial charge is 0.273 e. The Hall–Kier alpha value is -1.62. The SMILES string of the molecule is COc1cc(CNCCC2CC2)cc([N+](=O)[O-])c1. The molecule has 0 spiro atoms. The lowest BCUT2D eigenvalue weighted by molar-refractivity contribution is -0.385. The summed E-state index contributed by atoms with van der Waals surface area (Å²) in [5.74, 6) is 1.43. The van der Waals surface area contributed by atoms with Gasteiger partial charge in [0, 0.05) is 12.6 Å². The van der Waals surface area contributed by atoms with Crippen molar-refractivity contribution >= 4 is 5.69 Å². The van der Waals surface area contributed by atoms with Gasteiger partial charge in [-0.1, -0.05) is 12.8 Å². The summed E-state index contributed by atoms with van der Waals surface area (Å²) in [7, 11) is 1.52. The van der Waals surface area contributed by atoms with Crippen molar-refractivity contribution < 1.29 is 9.66 Å². The fraction of sp³-hybridized carbons (Fsp3) is 0.538. The topological polar surface area (TPSA) is 64.4 Å². The highest BCUT2D eigenvalue weighted by atomic mass is 16.6. The molecule has 0 amide bonds. The average molecular weight is 250 g/mol. The molecule has 2 rings (SSSR count). The summed E-state index contributed by atoms with van der Waals surface area (Å²) in [6, 6.07) is 4.86. The maximum Gasteiger partial charge on any atom is 0.273 e. The molecule has 1 aromatic rings. The van der Waals surface area contributed by atoms with Gasteiger partial charge in [0.05, 0.1) is 18.1 Å². The van der Waals surface area contributed by atoms with Crippen LogP contribution in [0.2, 0.25) is 0 Å². The van der Waals surface area contributed by atoms with Gasteiger partial charge in [-0.05, 0) is 30.5 Å². The second-order valence-corrected chi connectivity index (χ2v) is 4.71. The zero-order chi connectivity index (χ0) is 13.0. The highest BCUT2D eigenvalue weighted by Gasteiger charge is 2.20. The summed E-state index contributed by atoms with van der Waals surface area (Å²) in [4.78, 5) is 10.4. The van der Waals surface area contributed by atoms with Gasteiger partial charge in [0.2, 0.25) is 0 Å². The van der Waals surface area contributed by atoms with E-state index in [-0.39, 0.29) is 5.69 Å². The van der Waals surface area contributed by atoms with E-state index < -0.39 is 4.92 Å². The predicted molar refractivity (Wildman–Crippen MR) is 68.7 cm³/mol. The highest BCUT2D eigenvalue weighted by Crippen LogP contribution is 2.31. The maximum absolute atomic E-state index is 10.8. The number of methoxy groups -OCH3 is 1. The fourth-order valence-corrected chi connectivity index (χ4v) is 1.91. The highest BCUT2D eigenvalue weighted by molar-refractivity contribution is 5.42. The van der Waals surface area contributed by atoms with Crippen LogP contribution >= 0.6 is 0 Å². The van der Waals surface area contributed by atoms with Crippen LogP contribution in [0, 0.1) is 16.0 Å². The molecular formula is C13H18N2O3. The van der Waals surface area contributed by atoms with Gasteiger partial charge in [0.15, 0.2) is 0 Å². The zero-order valence-corrected chi connectivity index (χ0v) is 10.5. The van der Waals surface area contributed by atoms with Crippen LogP contribution in [0.4, 0.5) is 5.69 Å². The summed E-state index contributed by atoms with van der Waals surface area (Å²) in [5.41, 5.74) is 0.963. The Kier molecular flexibility index (Phi) is 4.15. The fourth-order valence-electron chi connectivity index (χ4n) is 1.91. The van der Waals surface area contributed by atoms with Crippen LogP contribution in [0.1, 0.15) is 24.8 Å². The molecule has 5 heteroatoms. The number of hydrogen-bond donors (Lipinski definition) is 1. The van der Waals surface area contributed by atoms with Crippen molar-refractivity contribution in [1.82, 2.24) is 5.32 Å². The number of hydrogen-bond acceptors (Lipinski definition) is 4. The average Bonchev–Trinajstić information content (AvgIpc) is 3.18. The molecule has 5 nitrogen and oxygen atoms in total. The van der Waals surface area contributed by atoms with Crippen LogP contribution in [0.25, 0.3) is 0 Å². The molecule has 18 heavy (non-hydrogen) atoms. The van der Waals surface area contributed by atoms with E-state index in [1.807, 2.05) is 6.07 Å². The molecule has 0 atom stereocenters. The van der Waals surface area contributed by atoms with Crippen molar-refractivity contribution in [1.29, 1.82) is 0 Å². The molecule has 98 valence electrons. The number of nitro groups is 1. The van der Waals surface area contributed by atoms with Gasteiger partial charge in [-0.2, -0.15) is 0 Å². The van der Waals surface area contributed by atoms with Crippen molar-refractivity contribution in [2.24, 2.45) is 5.92 Å². The molecule has 0 bridgehead atoms. The van der Waals surface area contributed by atoms with Crippen LogP contribution in [-0.4, -0.2) is 18.6 Å². The Morgan fingerprint density at radius 2 is 2.22 bits per heavy atom. The number of benzene rings is 1. The quantitative estimate of drug-likeness (QED) is 0.459. The molecule has 1 saturated carbocycles. The van der Waals surface area contributed by atoms with E-state index >= 15 is 0 Å². The van der Waals surface area contributed by atoms with E-state index in [1.54, 1.807) is 6.07 Å². The lowest BCUT2D eigenvalue weighted by Gasteiger charge is -2.06. The van der Waals surface area contributed by atoms with E-state index in [0.717, 1.165) is 18.0 Å². The van der Waals surface area contributed by atoms with Gasteiger partial charge in [-0.15, -0.1) is 0 Å². The first-order chi connectivity index (χ1) is 8.69. The number of non-ortho nitro benzene ring substituents is 1. The molecule has 0 heterocycles. The normalized spacial score (nSPS) is 14.5. The van der Waals surface area contributed by atoms with Crippen molar-refractivity contribution in [2.75, 3.05) is 13.7 Å². The minimum atomic E-state index is -0.393. The van der Waals surface area contributed by atoms with Gasteiger partial charge in [0.1, 0.15) is 5.75 Å². The molecule has 0 saturated heterocycles. The Labute approximate surface area is 106 Å². The Balaban J connectivity index is 1.92. The Morgan fingerprint density at radius 1 is 1.44 bits per heavy atom. The molecule has 1 aliphatic carbocycles. The largest absolute Gasteiger partial charge is 0.496 e. The van der Waals surface area contributed by atoms with Crippen LogP contribution in [0.3, 0.4) is 0 Å². The lowest BCUT2D eigenvalue weighted by Crippen LogP contribution is -2.15. The third-order valence-electron chi connectivity index (χ3n) is 3.15. The summed E-state index contributed by atoms with van der Waals surface area (Å²) < 4.78 is 5.07. The number of ether oxygens (including phenoxy) is 1. The molecule has 1 aromatic carbocycles. The molecule has 1 aliphatic rings. The molecule has 0 aromatic heterocycles. The van der Waals surface area contributed by atoms with Crippen LogP contribution in [0.5, 0.6) is 5.75 Å². The first-order valence-electron chi connectivity index (χ1n) is 6.22. The van der Waals surface area contributed by atoms with E-state index in [0.29, 0.717) is 12.3 Å². The number of nitrogens with one attached hydrogen (secondary N) is 1. The monoisotopic (exact) mass is 250 g/mol.